The second kappa shape index (κ2) is 13.7. The van der Waals surface area contributed by atoms with E-state index in [-0.39, 0.29) is 43.9 Å². The average Bonchev–Trinajstić information content (AvgIpc) is 3.46. The van der Waals surface area contributed by atoms with Crippen LogP contribution in [0.15, 0.2) is 83.8 Å². The van der Waals surface area contributed by atoms with Gasteiger partial charge in [-0.1, -0.05) is 43.2 Å². The molecule has 1 amide bonds. The van der Waals surface area contributed by atoms with Crippen LogP contribution < -0.4 is 10.2 Å². The summed E-state index contributed by atoms with van der Waals surface area (Å²) in [4.78, 5) is 31.3. The van der Waals surface area contributed by atoms with E-state index in [2.05, 4.69) is 5.48 Å². The number of hydrogen-bond donors (Lipinski definition) is 1. The van der Waals surface area contributed by atoms with E-state index in [1.165, 1.54) is 48.5 Å². The summed E-state index contributed by atoms with van der Waals surface area (Å²) in [6.45, 7) is 1.67. The molecule has 3 aromatic carbocycles. The molecule has 11 heteroatoms. The Morgan fingerprint density at radius 1 is 0.927 bits per heavy atom. The van der Waals surface area contributed by atoms with Gasteiger partial charge in [0.2, 0.25) is 10.0 Å². The van der Waals surface area contributed by atoms with Gasteiger partial charge in [0.15, 0.2) is 0 Å². The van der Waals surface area contributed by atoms with Crippen LogP contribution in [0.25, 0.3) is 0 Å². The third-order valence-corrected chi connectivity index (χ3v) is 8.84. The second-order valence-corrected chi connectivity index (χ2v) is 11.5. The molecule has 9 nitrogen and oxygen atoms in total. The number of esters is 1. The van der Waals surface area contributed by atoms with Crippen molar-refractivity contribution in [2.45, 2.75) is 56.1 Å². The maximum atomic E-state index is 14.1. The minimum Gasteiger partial charge on any atom is -0.466 e. The first kappa shape index (κ1) is 30.2. The minimum absolute atomic E-state index is 0.0721. The molecule has 0 heterocycles. The Morgan fingerprint density at radius 3 is 2.15 bits per heavy atom. The smallest absolute Gasteiger partial charge is 0.307 e. The average molecular weight is 585 g/mol. The number of nitrogens with zero attached hydrogens (tertiary/aromatic N) is 1. The lowest BCUT2D eigenvalue weighted by Crippen LogP contribution is -2.59. The number of hydrogen-bond acceptors (Lipinski definition) is 7. The summed E-state index contributed by atoms with van der Waals surface area (Å²) in [6.07, 6.45) is 1.56. The van der Waals surface area contributed by atoms with Crippen molar-refractivity contribution in [2.24, 2.45) is 0 Å². The van der Waals surface area contributed by atoms with Crippen molar-refractivity contribution in [3.63, 3.8) is 0 Å². The van der Waals surface area contributed by atoms with E-state index in [0.717, 1.165) is 9.87 Å². The lowest BCUT2D eigenvalue weighted by molar-refractivity contribution is -0.147. The standard InChI is InChI=1S/C30H33FN2O7S/c1-2-38-28(34)18-21-33(30(19-6-7-20-30)29(35)32-39-22-23-8-4-3-5-9-23)41(36,37)27-16-14-26(15-17-27)40-25-12-10-24(31)11-13-25/h3-5,8-17H,2,6-7,18-22H2,1H3,(H,32,35). The molecule has 0 bridgehead atoms. The summed E-state index contributed by atoms with van der Waals surface area (Å²) < 4.78 is 53.2. The molecule has 0 radical (unpaired) electrons. The van der Waals surface area contributed by atoms with Gasteiger partial charge in [0.05, 0.1) is 24.5 Å². The normalized spacial score (nSPS) is 14.5. The summed E-state index contributed by atoms with van der Waals surface area (Å²) in [5.74, 6) is -0.831. The molecule has 1 aliphatic carbocycles. The molecule has 0 aliphatic heterocycles. The van der Waals surface area contributed by atoms with Gasteiger partial charge in [-0.2, -0.15) is 4.31 Å². The summed E-state index contributed by atoms with van der Waals surface area (Å²) >= 11 is 0. The van der Waals surface area contributed by atoms with Crippen molar-refractivity contribution >= 4 is 21.9 Å². The lowest BCUT2D eigenvalue weighted by Gasteiger charge is -2.38. The third-order valence-electron chi connectivity index (χ3n) is 6.86. The van der Waals surface area contributed by atoms with E-state index in [1.54, 1.807) is 6.92 Å². The first-order valence-electron chi connectivity index (χ1n) is 13.4. The van der Waals surface area contributed by atoms with Gasteiger partial charge in [-0.15, -0.1) is 0 Å². The molecule has 1 fully saturated rings. The van der Waals surface area contributed by atoms with Gasteiger partial charge in [-0.3, -0.25) is 14.4 Å². The maximum absolute atomic E-state index is 14.1. The first-order valence-corrected chi connectivity index (χ1v) is 14.9. The Hall–Kier alpha value is -3.80. The van der Waals surface area contributed by atoms with Gasteiger partial charge in [-0.25, -0.2) is 18.3 Å². The predicted octanol–water partition coefficient (Wildman–Crippen LogP) is 5.12. The van der Waals surface area contributed by atoms with Crippen LogP contribution in [-0.2, 0) is 35.8 Å². The van der Waals surface area contributed by atoms with Crippen molar-refractivity contribution in [3.05, 3.63) is 90.2 Å². The van der Waals surface area contributed by atoms with E-state index in [1.807, 2.05) is 30.3 Å². The number of carbonyl (C=O) groups is 2. The van der Waals surface area contributed by atoms with E-state index < -0.39 is 33.3 Å². The van der Waals surface area contributed by atoms with Gasteiger partial charge >= 0.3 is 5.97 Å². The van der Waals surface area contributed by atoms with Crippen LogP contribution in [0.3, 0.4) is 0 Å². The SMILES string of the molecule is CCOC(=O)CCN(C1(C(=O)NOCc2ccccc2)CCCC1)S(=O)(=O)c1ccc(Oc2ccc(F)cc2)cc1. The van der Waals surface area contributed by atoms with Crippen molar-refractivity contribution in [3.8, 4) is 11.5 Å². The molecule has 0 atom stereocenters. The number of halogens is 1. The van der Waals surface area contributed by atoms with E-state index >= 15 is 0 Å². The Balaban J connectivity index is 1.58. The van der Waals surface area contributed by atoms with E-state index in [4.69, 9.17) is 14.3 Å². The van der Waals surface area contributed by atoms with Crippen LogP contribution in [0.2, 0.25) is 0 Å². The lowest BCUT2D eigenvalue weighted by atomic mass is 9.96. The molecule has 4 rings (SSSR count). The predicted molar refractivity (Wildman–Crippen MR) is 149 cm³/mol. The first-order chi connectivity index (χ1) is 19.7. The molecule has 218 valence electrons. The van der Waals surface area contributed by atoms with Crippen molar-refractivity contribution in [1.82, 2.24) is 9.79 Å². The van der Waals surface area contributed by atoms with Crippen LogP contribution in [-0.4, -0.2) is 43.3 Å². The molecule has 41 heavy (non-hydrogen) atoms. The fourth-order valence-electron chi connectivity index (χ4n) is 4.84. The van der Waals surface area contributed by atoms with Crippen LogP contribution >= 0.6 is 0 Å². The number of hydroxylamine groups is 1. The molecule has 1 aliphatic rings. The number of nitrogens with one attached hydrogen (secondary N) is 1. The third kappa shape index (κ3) is 7.49. The Morgan fingerprint density at radius 2 is 1.54 bits per heavy atom. The molecule has 0 unspecified atom stereocenters. The Kier molecular flexibility index (Phi) is 10.1. The molecule has 1 saturated carbocycles. The van der Waals surface area contributed by atoms with Gasteiger partial charge in [0.1, 0.15) is 22.9 Å². The monoisotopic (exact) mass is 584 g/mol. The highest BCUT2D eigenvalue weighted by Gasteiger charge is 2.51. The number of rotatable bonds is 13. The zero-order valence-corrected chi connectivity index (χ0v) is 23.6. The highest BCUT2D eigenvalue weighted by Crippen LogP contribution is 2.39. The number of carbonyl (C=O) groups excluding carboxylic acids is 2. The summed E-state index contributed by atoms with van der Waals surface area (Å²) in [7, 11) is -4.27. The minimum atomic E-state index is -4.27. The van der Waals surface area contributed by atoms with Crippen molar-refractivity contribution in [1.29, 1.82) is 0 Å². The molecule has 0 saturated heterocycles. The Labute approximate surface area is 239 Å². The molecule has 3 aromatic rings. The maximum Gasteiger partial charge on any atom is 0.307 e. The zero-order chi connectivity index (χ0) is 29.3. The number of ether oxygens (including phenoxy) is 2. The zero-order valence-electron chi connectivity index (χ0n) is 22.8. The largest absolute Gasteiger partial charge is 0.466 e. The summed E-state index contributed by atoms with van der Waals surface area (Å²) in [6, 6.07) is 20.4. The molecular weight excluding hydrogens is 551 g/mol. The fraction of sp³-hybridized carbons (Fsp3) is 0.333. The van der Waals surface area contributed by atoms with E-state index in [0.29, 0.717) is 24.3 Å². The van der Waals surface area contributed by atoms with Crippen molar-refractivity contribution in [2.75, 3.05) is 13.2 Å². The molecular formula is C30H33FN2O7S. The number of amides is 1. The summed E-state index contributed by atoms with van der Waals surface area (Å²) in [5.41, 5.74) is 1.85. The van der Waals surface area contributed by atoms with E-state index in [9.17, 15) is 22.4 Å². The molecule has 1 N–H and O–H groups in total. The molecule has 0 aromatic heterocycles. The summed E-state index contributed by atoms with van der Waals surface area (Å²) in [5, 5.41) is 0. The number of benzene rings is 3. The highest BCUT2D eigenvalue weighted by molar-refractivity contribution is 7.89. The molecule has 0 spiro atoms. The van der Waals surface area contributed by atoms with Gasteiger partial charge in [0.25, 0.3) is 5.91 Å². The van der Waals surface area contributed by atoms with Gasteiger partial charge < -0.3 is 9.47 Å². The second-order valence-electron chi connectivity index (χ2n) is 9.60. The highest BCUT2D eigenvalue weighted by atomic mass is 32.2. The van der Waals surface area contributed by atoms with Crippen LogP contribution in [0.4, 0.5) is 4.39 Å². The quantitative estimate of drug-likeness (QED) is 0.219. The van der Waals surface area contributed by atoms with Crippen LogP contribution in [0.5, 0.6) is 11.5 Å². The van der Waals surface area contributed by atoms with Gasteiger partial charge in [-0.05, 0) is 73.9 Å². The van der Waals surface area contributed by atoms with Crippen molar-refractivity contribution < 1.29 is 36.7 Å². The topological polar surface area (TPSA) is 111 Å². The Bertz CT molecular complexity index is 1410. The van der Waals surface area contributed by atoms with Crippen LogP contribution in [0.1, 0.15) is 44.6 Å². The fourth-order valence-corrected chi connectivity index (χ4v) is 6.63. The van der Waals surface area contributed by atoms with Crippen LogP contribution in [0, 0.1) is 5.82 Å². The number of sulfonamides is 1. The van der Waals surface area contributed by atoms with Gasteiger partial charge in [0, 0.05) is 6.54 Å².